The number of carbonyl (C=O) groups is 2. The Morgan fingerprint density at radius 1 is 1.19 bits per heavy atom. The molecule has 0 bridgehead atoms. The van der Waals surface area contributed by atoms with E-state index in [1.54, 1.807) is 31.3 Å². The SMILES string of the molecule is CC1CCCN(S(=O)(=O)c2cc(C(=O)OCC(=O)N(C)c3ccccc3)ccc2Cl)C1. The zero-order chi connectivity index (χ0) is 22.6. The topological polar surface area (TPSA) is 84.0 Å². The fourth-order valence-corrected chi connectivity index (χ4v) is 5.53. The highest BCUT2D eigenvalue weighted by molar-refractivity contribution is 7.89. The van der Waals surface area contributed by atoms with Crippen LogP contribution in [0.1, 0.15) is 30.1 Å². The highest BCUT2D eigenvalue weighted by atomic mass is 35.5. The second-order valence-electron chi connectivity index (χ2n) is 7.62. The van der Waals surface area contributed by atoms with Crippen LogP contribution >= 0.6 is 11.6 Å². The largest absolute Gasteiger partial charge is 0.452 e. The summed E-state index contributed by atoms with van der Waals surface area (Å²) in [6.45, 7) is 2.35. The van der Waals surface area contributed by atoms with Crippen LogP contribution in [0.5, 0.6) is 0 Å². The van der Waals surface area contributed by atoms with Gasteiger partial charge in [-0.25, -0.2) is 13.2 Å². The van der Waals surface area contributed by atoms with E-state index in [2.05, 4.69) is 0 Å². The molecule has 166 valence electrons. The van der Waals surface area contributed by atoms with Crippen LogP contribution in [-0.4, -0.2) is 51.3 Å². The lowest BCUT2D eigenvalue weighted by atomic mass is 10.0. The van der Waals surface area contributed by atoms with Crippen molar-refractivity contribution in [1.29, 1.82) is 0 Å². The van der Waals surface area contributed by atoms with Crippen molar-refractivity contribution in [2.75, 3.05) is 31.6 Å². The molecule has 2 aromatic rings. The Hall–Kier alpha value is -2.42. The number of anilines is 1. The summed E-state index contributed by atoms with van der Waals surface area (Å²) in [5.74, 6) is -0.957. The van der Waals surface area contributed by atoms with Crippen molar-refractivity contribution >= 4 is 39.2 Å². The van der Waals surface area contributed by atoms with Gasteiger partial charge in [0, 0.05) is 25.8 Å². The van der Waals surface area contributed by atoms with Gasteiger partial charge in [0.2, 0.25) is 10.0 Å². The normalized spacial score (nSPS) is 17.2. The standard InChI is InChI=1S/C22H25ClN2O5S/c1-16-7-6-12-25(14-16)31(28,29)20-13-17(10-11-19(20)23)22(27)30-15-21(26)24(2)18-8-4-3-5-9-18/h3-5,8-11,13,16H,6-7,12,14-15H2,1-2H3. The highest BCUT2D eigenvalue weighted by Crippen LogP contribution is 2.29. The monoisotopic (exact) mass is 464 g/mol. The number of piperidine rings is 1. The maximum absolute atomic E-state index is 13.1. The second kappa shape index (κ2) is 9.80. The summed E-state index contributed by atoms with van der Waals surface area (Å²) < 4.78 is 32.7. The van der Waals surface area contributed by atoms with E-state index >= 15 is 0 Å². The molecule has 0 aromatic heterocycles. The lowest BCUT2D eigenvalue weighted by Crippen LogP contribution is -2.39. The Kier molecular flexibility index (Phi) is 7.35. The summed E-state index contributed by atoms with van der Waals surface area (Å²) in [5.41, 5.74) is 0.683. The Bertz CT molecular complexity index is 1060. The van der Waals surface area contributed by atoms with Crippen molar-refractivity contribution < 1.29 is 22.7 Å². The van der Waals surface area contributed by atoms with Gasteiger partial charge in [0.15, 0.2) is 6.61 Å². The minimum Gasteiger partial charge on any atom is -0.452 e. The minimum atomic E-state index is -3.84. The molecule has 0 radical (unpaired) electrons. The molecule has 3 rings (SSSR count). The molecule has 31 heavy (non-hydrogen) atoms. The molecule has 1 heterocycles. The molecule has 1 aliphatic rings. The number of hydrogen-bond acceptors (Lipinski definition) is 5. The maximum atomic E-state index is 13.1. The predicted octanol–water partition coefficient (Wildman–Crippen LogP) is 3.58. The van der Waals surface area contributed by atoms with Crippen molar-refractivity contribution in [2.45, 2.75) is 24.7 Å². The van der Waals surface area contributed by atoms with Crippen molar-refractivity contribution in [3.63, 3.8) is 0 Å². The van der Waals surface area contributed by atoms with Crippen LogP contribution in [0.3, 0.4) is 0 Å². The van der Waals surface area contributed by atoms with Gasteiger partial charge in [-0.1, -0.05) is 36.7 Å². The molecule has 0 N–H and O–H groups in total. The molecule has 1 unspecified atom stereocenters. The Morgan fingerprint density at radius 2 is 1.90 bits per heavy atom. The fraction of sp³-hybridized carbons (Fsp3) is 0.364. The van der Waals surface area contributed by atoms with E-state index in [0.717, 1.165) is 12.8 Å². The Balaban J connectivity index is 1.72. The van der Waals surface area contributed by atoms with E-state index in [1.807, 2.05) is 13.0 Å². The Labute approximate surface area is 187 Å². The summed E-state index contributed by atoms with van der Waals surface area (Å²) in [4.78, 5) is 26.0. The van der Waals surface area contributed by atoms with Crippen LogP contribution in [0, 0.1) is 5.92 Å². The molecule has 1 saturated heterocycles. The fourth-order valence-electron chi connectivity index (χ4n) is 3.43. The number of carbonyl (C=O) groups excluding carboxylic acids is 2. The van der Waals surface area contributed by atoms with Crippen molar-refractivity contribution in [3.05, 3.63) is 59.1 Å². The summed E-state index contributed by atoms with van der Waals surface area (Å²) >= 11 is 6.16. The number of esters is 1. The van der Waals surface area contributed by atoms with Gasteiger partial charge in [-0.2, -0.15) is 4.31 Å². The zero-order valence-corrected chi connectivity index (χ0v) is 19.0. The van der Waals surface area contributed by atoms with E-state index in [4.69, 9.17) is 16.3 Å². The number of halogens is 1. The summed E-state index contributed by atoms with van der Waals surface area (Å²) in [7, 11) is -2.26. The number of ether oxygens (including phenoxy) is 1. The van der Waals surface area contributed by atoms with Gasteiger partial charge in [-0.05, 0) is 49.1 Å². The van der Waals surface area contributed by atoms with Crippen LogP contribution in [-0.2, 0) is 19.6 Å². The number of rotatable bonds is 6. The molecule has 0 spiro atoms. The smallest absolute Gasteiger partial charge is 0.338 e. The van der Waals surface area contributed by atoms with Crippen LogP contribution in [0.25, 0.3) is 0 Å². The van der Waals surface area contributed by atoms with Gasteiger partial charge < -0.3 is 9.64 Å². The van der Waals surface area contributed by atoms with E-state index in [0.29, 0.717) is 18.8 Å². The number of para-hydroxylation sites is 1. The van der Waals surface area contributed by atoms with Gasteiger partial charge in [0.25, 0.3) is 5.91 Å². The number of hydrogen-bond donors (Lipinski definition) is 0. The zero-order valence-electron chi connectivity index (χ0n) is 17.5. The van der Waals surface area contributed by atoms with Gasteiger partial charge in [-0.15, -0.1) is 0 Å². The third-order valence-electron chi connectivity index (χ3n) is 5.25. The van der Waals surface area contributed by atoms with Crippen LogP contribution in [0.4, 0.5) is 5.69 Å². The van der Waals surface area contributed by atoms with Crippen molar-refractivity contribution in [1.82, 2.24) is 4.31 Å². The van der Waals surface area contributed by atoms with Crippen molar-refractivity contribution in [2.24, 2.45) is 5.92 Å². The molecule has 0 saturated carbocycles. The molecule has 7 nitrogen and oxygen atoms in total. The molecule has 0 aliphatic carbocycles. The number of amides is 1. The number of nitrogens with zero attached hydrogens (tertiary/aromatic N) is 2. The molecule has 1 fully saturated rings. The number of sulfonamides is 1. The molecule has 2 aromatic carbocycles. The lowest BCUT2D eigenvalue weighted by Gasteiger charge is -2.30. The van der Waals surface area contributed by atoms with Crippen LogP contribution in [0.15, 0.2) is 53.4 Å². The van der Waals surface area contributed by atoms with Gasteiger partial charge in [-0.3, -0.25) is 4.79 Å². The number of likely N-dealkylation sites (N-methyl/N-ethyl adjacent to an activating group) is 1. The Morgan fingerprint density at radius 3 is 2.58 bits per heavy atom. The molecule has 1 amide bonds. The summed E-state index contributed by atoms with van der Waals surface area (Å²) in [5, 5.41) is 0.0367. The minimum absolute atomic E-state index is 0.0168. The van der Waals surface area contributed by atoms with Gasteiger partial charge in [0.05, 0.1) is 10.6 Å². The average Bonchev–Trinajstić information content (AvgIpc) is 2.77. The third kappa shape index (κ3) is 5.44. The quantitative estimate of drug-likeness (QED) is 0.610. The average molecular weight is 465 g/mol. The summed E-state index contributed by atoms with van der Waals surface area (Å²) in [6.07, 6.45) is 1.74. The van der Waals surface area contributed by atoms with Crippen molar-refractivity contribution in [3.8, 4) is 0 Å². The first kappa shape index (κ1) is 23.2. The van der Waals surface area contributed by atoms with E-state index < -0.39 is 28.5 Å². The van der Waals surface area contributed by atoms with E-state index in [9.17, 15) is 18.0 Å². The molecular formula is C22H25ClN2O5S. The number of benzene rings is 2. The first-order chi connectivity index (χ1) is 14.7. The maximum Gasteiger partial charge on any atom is 0.338 e. The lowest BCUT2D eigenvalue weighted by molar-refractivity contribution is -0.121. The van der Waals surface area contributed by atoms with E-state index in [-0.39, 0.29) is 21.4 Å². The molecule has 1 atom stereocenters. The van der Waals surface area contributed by atoms with Gasteiger partial charge >= 0.3 is 5.97 Å². The first-order valence-corrected chi connectivity index (χ1v) is 11.8. The van der Waals surface area contributed by atoms with E-state index in [1.165, 1.54) is 27.4 Å². The van der Waals surface area contributed by atoms with Crippen LogP contribution < -0.4 is 4.90 Å². The third-order valence-corrected chi connectivity index (χ3v) is 7.60. The first-order valence-electron chi connectivity index (χ1n) is 9.98. The van der Waals surface area contributed by atoms with Gasteiger partial charge in [0.1, 0.15) is 4.90 Å². The summed E-state index contributed by atoms with van der Waals surface area (Å²) in [6, 6.07) is 12.9. The molecule has 9 heteroatoms. The predicted molar refractivity (Wildman–Crippen MR) is 119 cm³/mol. The van der Waals surface area contributed by atoms with Crippen LogP contribution in [0.2, 0.25) is 5.02 Å². The molecule has 1 aliphatic heterocycles. The highest BCUT2D eigenvalue weighted by Gasteiger charge is 2.31. The second-order valence-corrected chi connectivity index (χ2v) is 9.93. The molecular weight excluding hydrogens is 440 g/mol.